The topological polar surface area (TPSA) is 46.9 Å². The van der Waals surface area contributed by atoms with Gasteiger partial charge in [-0.3, -0.25) is 9.48 Å². The van der Waals surface area contributed by atoms with Crippen LogP contribution in [0.15, 0.2) is 67.0 Å². The molecular weight excluding hydrogens is 274 g/mol. The van der Waals surface area contributed by atoms with E-state index in [1.165, 1.54) is 5.56 Å². The molecule has 3 aromatic rings. The van der Waals surface area contributed by atoms with Crippen LogP contribution in [0.2, 0.25) is 0 Å². The molecule has 1 N–H and O–H groups in total. The first kappa shape index (κ1) is 14.1. The molecule has 0 saturated carbocycles. The highest BCUT2D eigenvalue weighted by molar-refractivity contribution is 6.05. The van der Waals surface area contributed by atoms with Crippen molar-refractivity contribution >= 4 is 11.6 Å². The van der Waals surface area contributed by atoms with Gasteiger partial charge in [0.25, 0.3) is 5.91 Å². The summed E-state index contributed by atoms with van der Waals surface area (Å²) >= 11 is 0. The Labute approximate surface area is 129 Å². The monoisotopic (exact) mass is 291 g/mol. The van der Waals surface area contributed by atoms with E-state index in [1.54, 1.807) is 17.1 Å². The van der Waals surface area contributed by atoms with Crippen molar-refractivity contribution in [2.75, 3.05) is 5.32 Å². The van der Waals surface area contributed by atoms with Crippen LogP contribution >= 0.6 is 0 Å². The summed E-state index contributed by atoms with van der Waals surface area (Å²) in [5.74, 6) is -0.112. The minimum Gasteiger partial charge on any atom is -0.319 e. The maximum atomic E-state index is 12.5. The highest BCUT2D eigenvalue weighted by Crippen LogP contribution is 2.16. The van der Waals surface area contributed by atoms with Gasteiger partial charge in [-0.15, -0.1) is 0 Å². The molecule has 0 saturated heterocycles. The van der Waals surface area contributed by atoms with Crippen molar-refractivity contribution in [2.24, 2.45) is 7.05 Å². The number of aromatic nitrogens is 2. The molecule has 1 amide bonds. The number of aryl methyl sites for hydroxylation is 1. The van der Waals surface area contributed by atoms with Gasteiger partial charge < -0.3 is 5.32 Å². The lowest BCUT2D eigenvalue weighted by molar-refractivity contribution is 0.102. The van der Waals surface area contributed by atoms with Crippen LogP contribution in [0.25, 0.3) is 0 Å². The number of carbonyl (C=O) groups is 1. The molecule has 0 aliphatic heterocycles. The number of carbonyl (C=O) groups excluding carboxylic acids is 1. The number of hydrogen-bond donors (Lipinski definition) is 1. The third-order valence-electron chi connectivity index (χ3n) is 3.46. The van der Waals surface area contributed by atoms with Gasteiger partial charge in [-0.05, 0) is 23.6 Å². The highest BCUT2D eigenvalue weighted by Gasteiger charge is 2.12. The van der Waals surface area contributed by atoms with Crippen LogP contribution < -0.4 is 5.32 Å². The van der Waals surface area contributed by atoms with Gasteiger partial charge in [0.15, 0.2) is 0 Å². The second-order valence-electron chi connectivity index (χ2n) is 5.18. The summed E-state index contributed by atoms with van der Waals surface area (Å²) in [7, 11) is 1.82. The first-order valence-electron chi connectivity index (χ1n) is 7.14. The third kappa shape index (κ3) is 3.23. The Morgan fingerprint density at radius 2 is 1.82 bits per heavy atom. The zero-order chi connectivity index (χ0) is 15.4. The van der Waals surface area contributed by atoms with Crippen LogP contribution in [0.4, 0.5) is 5.69 Å². The van der Waals surface area contributed by atoms with Gasteiger partial charge in [-0.25, -0.2) is 0 Å². The maximum absolute atomic E-state index is 12.5. The van der Waals surface area contributed by atoms with Crippen molar-refractivity contribution < 1.29 is 4.79 Å². The summed E-state index contributed by atoms with van der Waals surface area (Å²) in [6.45, 7) is 0. The largest absolute Gasteiger partial charge is 0.319 e. The van der Waals surface area contributed by atoms with E-state index in [-0.39, 0.29) is 5.91 Å². The fraction of sp³-hybridized carbons (Fsp3) is 0.111. The van der Waals surface area contributed by atoms with Gasteiger partial charge in [0.1, 0.15) is 0 Å². The van der Waals surface area contributed by atoms with Crippen LogP contribution in [-0.4, -0.2) is 15.7 Å². The van der Waals surface area contributed by atoms with Crippen molar-refractivity contribution in [3.8, 4) is 0 Å². The predicted molar refractivity (Wildman–Crippen MR) is 86.9 cm³/mol. The average Bonchev–Trinajstić information content (AvgIpc) is 2.94. The van der Waals surface area contributed by atoms with Crippen LogP contribution in [0.3, 0.4) is 0 Å². The molecule has 0 bridgehead atoms. The van der Waals surface area contributed by atoms with Crippen LogP contribution in [0, 0.1) is 0 Å². The Balaban J connectivity index is 1.83. The van der Waals surface area contributed by atoms with Gasteiger partial charge in [-0.1, -0.05) is 48.5 Å². The van der Waals surface area contributed by atoms with Gasteiger partial charge in [0.2, 0.25) is 0 Å². The van der Waals surface area contributed by atoms with E-state index in [4.69, 9.17) is 0 Å². The van der Waals surface area contributed by atoms with E-state index in [2.05, 4.69) is 22.5 Å². The number of nitrogens with one attached hydrogen (secondary N) is 1. The second-order valence-corrected chi connectivity index (χ2v) is 5.18. The Bertz CT molecular complexity index is 778. The molecule has 0 unspecified atom stereocenters. The van der Waals surface area contributed by atoms with Gasteiger partial charge in [-0.2, -0.15) is 5.10 Å². The molecule has 2 aromatic carbocycles. The molecule has 4 nitrogen and oxygen atoms in total. The number of benzene rings is 2. The van der Waals surface area contributed by atoms with E-state index in [0.29, 0.717) is 11.3 Å². The minimum absolute atomic E-state index is 0.112. The van der Waals surface area contributed by atoms with E-state index < -0.39 is 0 Å². The quantitative estimate of drug-likeness (QED) is 0.802. The zero-order valence-electron chi connectivity index (χ0n) is 12.4. The van der Waals surface area contributed by atoms with E-state index in [0.717, 1.165) is 12.0 Å². The van der Waals surface area contributed by atoms with E-state index >= 15 is 0 Å². The molecule has 0 radical (unpaired) electrons. The first-order chi connectivity index (χ1) is 10.7. The number of anilines is 1. The summed E-state index contributed by atoms with van der Waals surface area (Å²) < 4.78 is 1.66. The summed E-state index contributed by atoms with van der Waals surface area (Å²) in [4.78, 5) is 12.5. The molecule has 1 heterocycles. The van der Waals surface area contributed by atoms with Crippen molar-refractivity contribution in [3.05, 3.63) is 83.7 Å². The average molecular weight is 291 g/mol. The lowest BCUT2D eigenvalue weighted by atomic mass is 9.99. The first-order valence-corrected chi connectivity index (χ1v) is 7.14. The summed E-state index contributed by atoms with van der Waals surface area (Å²) in [5, 5.41) is 6.94. The number of nitrogens with zero attached hydrogens (tertiary/aromatic N) is 2. The fourth-order valence-electron chi connectivity index (χ4n) is 2.40. The van der Waals surface area contributed by atoms with Crippen LogP contribution in [-0.2, 0) is 13.5 Å². The Hall–Kier alpha value is -2.88. The highest BCUT2D eigenvalue weighted by atomic mass is 16.1. The molecule has 0 atom stereocenters. The van der Waals surface area contributed by atoms with Crippen molar-refractivity contribution in [2.45, 2.75) is 6.42 Å². The Morgan fingerprint density at radius 1 is 1.09 bits per heavy atom. The van der Waals surface area contributed by atoms with E-state index in [9.17, 15) is 4.79 Å². The van der Waals surface area contributed by atoms with Crippen molar-refractivity contribution in [3.63, 3.8) is 0 Å². The Kier molecular flexibility index (Phi) is 4.01. The maximum Gasteiger partial charge on any atom is 0.256 e. The molecule has 4 heteroatoms. The zero-order valence-corrected chi connectivity index (χ0v) is 12.4. The van der Waals surface area contributed by atoms with E-state index in [1.807, 2.05) is 49.5 Å². The lowest BCUT2D eigenvalue weighted by Gasteiger charge is -2.09. The molecule has 0 fully saturated rings. The molecule has 0 aliphatic rings. The number of amides is 1. The number of rotatable bonds is 4. The predicted octanol–water partition coefficient (Wildman–Crippen LogP) is 3.26. The summed E-state index contributed by atoms with van der Waals surface area (Å²) in [6, 6.07) is 17.8. The summed E-state index contributed by atoms with van der Waals surface area (Å²) in [5.41, 5.74) is 3.58. The van der Waals surface area contributed by atoms with Gasteiger partial charge in [0.05, 0.1) is 11.9 Å². The van der Waals surface area contributed by atoms with Gasteiger partial charge >= 0.3 is 0 Å². The molecular formula is C18H17N3O. The second kappa shape index (κ2) is 6.26. The van der Waals surface area contributed by atoms with Crippen molar-refractivity contribution in [1.82, 2.24) is 9.78 Å². The number of hydrogen-bond acceptors (Lipinski definition) is 2. The molecule has 0 spiro atoms. The summed E-state index contributed by atoms with van der Waals surface area (Å²) in [6.07, 6.45) is 4.15. The molecule has 3 rings (SSSR count). The smallest absolute Gasteiger partial charge is 0.256 e. The van der Waals surface area contributed by atoms with Gasteiger partial charge in [0, 0.05) is 18.8 Å². The SMILES string of the molecule is Cn1cc(NC(=O)c2ccccc2Cc2ccccc2)cn1. The van der Waals surface area contributed by atoms with Crippen LogP contribution in [0.5, 0.6) is 0 Å². The van der Waals surface area contributed by atoms with Crippen LogP contribution in [0.1, 0.15) is 21.5 Å². The Morgan fingerprint density at radius 3 is 2.55 bits per heavy atom. The lowest BCUT2D eigenvalue weighted by Crippen LogP contribution is -2.14. The molecule has 22 heavy (non-hydrogen) atoms. The minimum atomic E-state index is -0.112. The molecule has 1 aromatic heterocycles. The molecule has 110 valence electrons. The fourth-order valence-corrected chi connectivity index (χ4v) is 2.40. The van der Waals surface area contributed by atoms with Crippen molar-refractivity contribution in [1.29, 1.82) is 0 Å². The normalized spacial score (nSPS) is 10.4. The molecule has 0 aliphatic carbocycles. The third-order valence-corrected chi connectivity index (χ3v) is 3.46. The standard InChI is InChI=1S/C18H17N3O/c1-21-13-16(12-19-21)20-18(22)17-10-6-5-9-15(17)11-14-7-3-2-4-8-14/h2-10,12-13H,11H2,1H3,(H,20,22).